The molecule has 0 bridgehead atoms. The van der Waals surface area contributed by atoms with Crippen LogP contribution in [0.2, 0.25) is 0 Å². The van der Waals surface area contributed by atoms with Gasteiger partial charge in [-0.25, -0.2) is 9.78 Å². The molecule has 0 aliphatic carbocycles. The predicted molar refractivity (Wildman–Crippen MR) is 241 cm³/mol. The number of anilines is 2. The van der Waals surface area contributed by atoms with Gasteiger partial charge in [0.25, 0.3) is 0 Å². The van der Waals surface area contributed by atoms with Gasteiger partial charge in [0, 0.05) is 30.0 Å². The van der Waals surface area contributed by atoms with Crippen LogP contribution in [0.5, 0.6) is 5.75 Å². The number of hydrogen-bond acceptors (Lipinski definition) is 8. The van der Waals surface area contributed by atoms with E-state index in [1.165, 1.54) is 0 Å². The molecule has 1 aromatic heterocycles. The molecule has 0 fully saturated rings. The van der Waals surface area contributed by atoms with Gasteiger partial charge in [0.05, 0.1) is 29.3 Å². The molecule has 4 N–H and O–H groups in total. The minimum Gasteiger partial charge on any atom is -0.496 e. The number of alkyl carbamates (subject to hydrolysis) is 1. The van der Waals surface area contributed by atoms with E-state index in [4.69, 9.17) is 14.5 Å². The summed E-state index contributed by atoms with van der Waals surface area (Å²) in [6.45, 7) is 8.00. The summed E-state index contributed by atoms with van der Waals surface area (Å²) in [7, 11) is 1.61. The first-order valence-corrected chi connectivity index (χ1v) is 20.8. The number of aromatic nitrogens is 1. The number of amides is 2. The van der Waals surface area contributed by atoms with E-state index in [1.807, 2.05) is 106 Å². The fourth-order valence-corrected chi connectivity index (χ4v) is 8.35. The third-order valence-corrected chi connectivity index (χ3v) is 11.4. The fourth-order valence-electron chi connectivity index (χ4n) is 6.79. The van der Waals surface area contributed by atoms with Gasteiger partial charge in [0.1, 0.15) is 17.4 Å². The van der Waals surface area contributed by atoms with Gasteiger partial charge < -0.3 is 30.7 Å². The lowest BCUT2D eigenvalue weighted by Gasteiger charge is -2.37. The van der Waals surface area contributed by atoms with E-state index in [0.29, 0.717) is 36.1 Å². The van der Waals surface area contributed by atoms with E-state index in [1.54, 1.807) is 25.8 Å². The fraction of sp³-hybridized carbons (Fsp3) is 0.245. The monoisotopic (exact) mass is 807 g/mol. The predicted octanol–water partition coefficient (Wildman–Crippen LogP) is 9.90. The van der Waals surface area contributed by atoms with Crippen LogP contribution in [0.15, 0.2) is 158 Å². The summed E-state index contributed by atoms with van der Waals surface area (Å²) in [4.78, 5) is 32.0. The van der Waals surface area contributed by atoms with Crippen LogP contribution in [-0.2, 0) is 20.8 Å². The first kappa shape index (κ1) is 42.3. The van der Waals surface area contributed by atoms with Crippen LogP contribution >= 0.6 is 11.8 Å². The van der Waals surface area contributed by atoms with E-state index in [2.05, 4.69) is 94.1 Å². The second kappa shape index (κ2) is 19.9. The Labute approximate surface area is 352 Å². The van der Waals surface area contributed by atoms with Crippen molar-refractivity contribution in [3.05, 3.63) is 180 Å². The highest BCUT2D eigenvalue weighted by atomic mass is 32.2. The molecular weight excluding hydrogens is 755 g/mol. The number of methoxy groups -OCH3 is 1. The molecule has 59 heavy (non-hydrogen) atoms. The Hall–Kier alpha value is -6.26. The number of ether oxygens (including phenoxy) is 2. The van der Waals surface area contributed by atoms with E-state index in [9.17, 15) is 9.59 Å². The number of nitrogens with zero attached hydrogens (tertiary/aromatic N) is 1. The van der Waals surface area contributed by atoms with Crippen molar-refractivity contribution in [3.8, 4) is 17.0 Å². The molecule has 1 heterocycles. The quantitative estimate of drug-likeness (QED) is 0.0674. The van der Waals surface area contributed by atoms with Crippen molar-refractivity contribution < 1.29 is 19.1 Å². The molecule has 0 aliphatic rings. The minimum atomic E-state index is -0.687. The van der Waals surface area contributed by atoms with Crippen LogP contribution < -0.4 is 26.0 Å². The highest BCUT2D eigenvalue weighted by molar-refractivity contribution is 8.00. The largest absolute Gasteiger partial charge is 0.496 e. The highest BCUT2D eigenvalue weighted by Crippen LogP contribution is 2.48. The molecule has 0 spiro atoms. The van der Waals surface area contributed by atoms with Crippen molar-refractivity contribution in [2.24, 2.45) is 0 Å². The van der Waals surface area contributed by atoms with Crippen LogP contribution in [0.3, 0.4) is 0 Å². The van der Waals surface area contributed by atoms with Crippen molar-refractivity contribution in [1.29, 1.82) is 0 Å². The van der Waals surface area contributed by atoms with Crippen molar-refractivity contribution in [3.63, 3.8) is 0 Å². The Balaban J connectivity index is 1.30. The van der Waals surface area contributed by atoms with E-state index in [-0.39, 0.29) is 5.91 Å². The zero-order valence-electron chi connectivity index (χ0n) is 34.3. The first-order chi connectivity index (χ1) is 28.6. The van der Waals surface area contributed by atoms with Gasteiger partial charge in [-0.1, -0.05) is 140 Å². The third-order valence-electron chi connectivity index (χ3n) is 9.66. The number of nitrogens with one attached hydrogen (secondary N) is 4. The van der Waals surface area contributed by atoms with Crippen molar-refractivity contribution >= 4 is 35.3 Å². The Morgan fingerprint density at radius 3 is 1.81 bits per heavy atom. The lowest BCUT2D eigenvalue weighted by molar-refractivity contribution is -0.121. The number of pyridine rings is 1. The second-order valence-electron chi connectivity index (χ2n) is 15.2. The lowest BCUT2D eigenvalue weighted by Crippen LogP contribution is -2.45. The number of para-hydroxylation sites is 1. The number of benzene rings is 5. The van der Waals surface area contributed by atoms with Crippen molar-refractivity contribution in [1.82, 2.24) is 15.6 Å². The number of rotatable bonds is 17. The van der Waals surface area contributed by atoms with Gasteiger partial charge in [-0.2, -0.15) is 0 Å². The molecular formula is C49H53N5O4S. The van der Waals surface area contributed by atoms with Gasteiger partial charge in [-0.15, -0.1) is 11.8 Å². The van der Waals surface area contributed by atoms with Crippen molar-refractivity contribution in [2.45, 2.75) is 56.7 Å². The second-order valence-corrected chi connectivity index (χ2v) is 16.4. The molecule has 0 radical (unpaired) electrons. The smallest absolute Gasteiger partial charge is 0.407 e. The van der Waals surface area contributed by atoms with Gasteiger partial charge in [-0.05, 0) is 62.6 Å². The average molecular weight is 808 g/mol. The zero-order chi connectivity index (χ0) is 41.7. The van der Waals surface area contributed by atoms with E-state index in [0.717, 1.165) is 33.5 Å². The Morgan fingerprint density at radius 1 is 0.712 bits per heavy atom. The molecule has 6 aromatic rings. The summed E-state index contributed by atoms with van der Waals surface area (Å²) in [5, 5.41) is 13.1. The molecule has 0 aliphatic heterocycles. The molecule has 9 nitrogen and oxygen atoms in total. The molecule has 0 saturated carbocycles. The van der Waals surface area contributed by atoms with Gasteiger partial charge in [-0.3, -0.25) is 4.79 Å². The Morgan fingerprint density at radius 2 is 1.25 bits per heavy atom. The molecule has 10 heteroatoms. The average Bonchev–Trinajstić information content (AvgIpc) is 3.26. The van der Waals surface area contributed by atoms with Crippen LogP contribution in [-0.4, -0.2) is 54.1 Å². The number of thioether (sulfide) groups is 1. The minimum absolute atomic E-state index is 0.200. The summed E-state index contributed by atoms with van der Waals surface area (Å²) in [6.07, 6.45) is -0.508. The number of carbonyl (C=O) groups is 2. The molecule has 304 valence electrons. The van der Waals surface area contributed by atoms with Crippen LogP contribution in [0.25, 0.3) is 11.3 Å². The van der Waals surface area contributed by atoms with Gasteiger partial charge in [0.15, 0.2) is 5.82 Å². The molecule has 1 unspecified atom stereocenters. The molecule has 6 rings (SSSR count). The molecule has 5 aromatic carbocycles. The maximum atomic E-state index is 13.5. The zero-order valence-corrected chi connectivity index (χ0v) is 35.1. The van der Waals surface area contributed by atoms with Crippen LogP contribution in [0.1, 0.15) is 49.9 Å². The van der Waals surface area contributed by atoms with Gasteiger partial charge >= 0.3 is 6.09 Å². The summed E-state index contributed by atoms with van der Waals surface area (Å²) in [5.74, 6) is 1.51. The number of hydrogen-bond donors (Lipinski definition) is 4. The maximum Gasteiger partial charge on any atom is 0.407 e. The molecule has 2 amide bonds. The van der Waals surface area contributed by atoms with E-state index < -0.39 is 28.5 Å². The molecule has 2 atom stereocenters. The Bertz CT molecular complexity index is 2160. The topological polar surface area (TPSA) is 114 Å². The molecule has 0 saturated heterocycles. The van der Waals surface area contributed by atoms with Crippen molar-refractivity contribution in [2.75, 3.05) is 30.0 Å². The van der Waals surface area contributed by atoms with E-state index >= 15 is 0 Å². The first-order valence-electron chi connectivity index (χ1n) is 19.8. The summed E-state index contributed by atoms with van der Waals surface area (Å²) in [6, 6.07) is 51.8. The third kappa shape index (κ3) is 11.2. The summed E-state index contributed by atoms with van der Waals surface area (Å²) >= 11 is 1.75. The maximum absolute atomic E-state index is 13.5. The Kier molecular flexibility index (Phi) is 14.3. The highest BCUT2D eigenvalue weighted by Gasteiger charge is 2.38. The van der Waals surface area contributed by atoms with Crippen LogP contribution in [0.4, 0.5) is 16.3 Å². The lowest BCUT2D eigenvalue weighted by atomic mass is 9.84. The van der Waals surface area contributed by atoms with Crippen LogP contribution in [0, 0.1) is 0 Å². The SMILES string of the molecule is COc1ccccc1CNC(=O)[C@@H](C)Nc1nc(-c2ccccc2)ccc1NCC(CSC(c1ccccc1)(c1ccccc1)c1ccccc1)NC(=O)OC(C)(C)C. The summed E-state index contributed by atoms with van der Waals surface area (Å²) in [5.41, 5.74) is 5.92. The normalized spacial score (nSPS) is 12.4. The summed E-state index contributed by atoms with van der Waals surface area (Å²) < 4.78 is 10.7. The number of carbonyl (C=O) groups excluding carboxylic acids is 2. The van der Waals surface area contributed by atoms with Gasteiger partial charge in [0.2, 0.25) is 5.91 Å². The standard InChI is InChI=1S/C49H53N5O4S/c1-35(46(55)51-32-37-22-18-19-29-44(37)57-5)52-45-43(31-30-42(54-45)36-20-10-6-11-21-36)50-33-41(53-47(56)58-48(2,3)4)34-59-49(38-23-12-7-13-24-38,39-25-14-8-15-26-39)40-27-16-9-17-28-40/h6-31,35,41,50H,32-34H2,1-5H3,(H,51,55)(H,52,54)(H,53,56)/t35-,41?/m1/s1.